The number of carbonyl (C=O) groups excluding carboxylic acids is 1. The molecular formula is C27H35N5O3S. The van der Waals surface area contributed by atoms with Crippen LogP contribution in [0.2, 0.25) is 0 Å². The molecule has 0 saturated carbocycles. The van der Waals surface area contributed by atoms with Gasteiger partial charge in [0.2, 0.25) is 5.95 Å². The molecule has 3 aromatic heterocycles. The van der Waals surface area contributed by atoms with E-state index in [9.17, 15) is 9.90 Å². The predicted molar refractivity (Wildman–Crippen MR) is 144 cm³/mol. The van der Waals surface area contributed by atoms with Crippen LogP contribution in [0.25, 0.3) is 21.7 Å². The third-order valence-electron chi connectivity index (χ3n) is 6.19. The molecule has 192 valence electrons. The Morgan fingerprint density at radius 2 is 1.94 bits per heavy atom. The molecule has 0 aliphatic heterocycles. The molecule has 0 saturated heterocycles. The number of nitrogens with one attached hydrogen (secondary N) is 2. The third-order valence-corrected chi connectivity index (χ3v) is 7.29. The Hall–Kier alpha value is -3.01. The van der Waals surface area contributed by atoms with Crippen LogP contribution in [0.5, 0.6) is 0 Å². The van der Waals surface area contributed by atoms with Crippen LogP contribution >= 0.6 is 11.3 Å². The fraction of sp³-hybridized carbons (Fsp3) is 0.444. The molecule has 8 nitrogen and oxygen atoms in total. The maximum Gasteiger partial charge on any atom is 0.268 e. The molecule has 0 spiro atoms. The Balaban J connectivity index is 1.60. The number of nitrogens with zero attached hydrogens (tertiary/aromatic N) is 3. The number of aliphatic hydroxyl groups is 1. The van der Waals surface area contributed by atoms with Crippen molar-refractivity contribution in [2.24, 2.45) is 5.41 Å². The summed E-state index contributed by atoms with van der Waals surface area (Å²) in [5, 5.41) is 17.1. The highest BCUT2D eigenvalue weighted by atomic mass is 32.1. The lowest BCUT2D eigenvalue weighted by Gasteiger charge is -2.28. The summed E-state index contributed by atoms with van der Waals surface area (Å²) in [6.07, 6.45) is 1.65. The number of carbonyl (C=O) groups is 1. The third kappa shape index (κ3) is 6.03. The van der Waals surface area contributed by atoms with E-state index in [2.05, 4.69) is 49.4 Å². The fourth-order valence-corrected chi connectivity index (χ4v) is 4.58. The summed E-state index contributed by atoms with van der Waals surface area (Å²) in [5.74, 6) is 1.34. The van der Waals surface area contributed by atoms with Crippen LogP contribution < -0.4 is 10.6 Å². The molecule has 0 bridgehead atoms. The predicted octanol–water partition coefficient (Wildman–Crippen LogP) is 5.61. The van der Waals surface area contributed by atoms with Gasteiger partial charge in [-0.15, -0.1) is 11.3 Å². The maximum absolute atomic E-state index is 13.1. The summed E-state index contributed by atoms with van der Waals surface area (Å²) in [7, 11) is 0. The fourth-order valence-electron chi connectivity index (χ4n) is 3.74. The molecule has 0 radical (unpaired) electrons. The molecule has 4 aromatic rings. The molecule has 0 fully saturated rings. The standard InChI is InChI=1S/C27H35N5O3S/c1-16(26(3,4)5)28-13-18-8-9-20-19(12-18)30-25(32(20)15-27(6,7)34)31-24(33)23-11-10-22(36-23)21-14-29-17(2)35-21/h8-12,14,16,28,34H,13,15H2,1-7H3,(H,30,31,33)/t16-/m0/s1. The van der Waals surface area contributed by atoms with E-state index < -0.39 is 5.60 Å². The van der Waals surface area contributed by atoms with Gasteiger partial charge in [-0.2, -0.15) is 0 Å². The van der Waals surface area contributed by atoms with Crippen molar-refractivity contribution in [1.29, 1.82) is 0 Å². The molecule has 9 heteroatoms. The number of imidazole rings is 1. The van der Waals surface area contributed by atoms with E-state index in [1.165, 1.54) is 11.3 Å². The Labute approximate surface area is 215 Å². The van der Waals surface area contributed by atoms with Gasteiger partial charge in [0.05, 0.1) is 39.1 Å². The first-order valence-electron chi connectivity index (χ1n) is 12.1. The van der Waals surface area contributed by atoms with E-state index in [1.807, 2.05) is 22.8 Å². The first-order chi connectivity index (χ1) is 16.8. The van der Waals surface area contributed by atoms with Gasteiger partial charge in [0.1, 0.15) is 0 Å². The highest BCUT2D eigenvalue weighted by Gasteiger charge is 2.23. The van der Waals surface area contributed by atoms with Gasteiger partial charge in [-0.3, -0.25) is 10.1 Å². The summed E-state index contributed by atoms with van der Waals surface area (Å²) in [6, 6.07) is 10.0. The maximum atomic E-state index is 13.1. The highest BCUT2D eigenvalue weighted by molar-refractivity contribution is 7.17. The number of benzene rings is 1. The summed E-state index contributed by atoms with van der Waals surface area (Å²) in [5.41, 5.74) is 1.89. The normalized spacial score (nSPS) is 13.3. The van der Waals surface area contributed by atoms with Crippen molar-refractivity contribution in [3.63, 3.8) is 0 Å². The second kappa shape index (κ2) is 9.80. The smallest absolute Gasteiger partial charge is 0.268 e. The van der Waals surface area contributed by atoms with E-state index in [0.29, 0.717) is 35.1 Å². The minimum absolute atomic E-state index is 0.157. The van der Waals surface area contributed by atoms with Crippen molar-refractivity contribution in [1.82, 2.24) is 19.9 Å². The number of hydrogen-bond donors (Lipinski definition) is 3. The molecule has 3 N–H and O–H groups in total. The Bertz CT molecular complexity index is 1370. The zero-order valence-corrected chi connectivity index (χ0v) is 22.8. The Morgan fingerprint density at radius 1 is 1.19 bits per heavy atom. The van der Waals surface area contributed by atoms with Crippen LogP contribution in [-0.4, -0.2) is 37.2 Å². The number of oxazole rings is 1. The van der Waals surface area contributed by atoms with Crippen LogP contribution in [0.1, 0.15) is 62.7 Å². The second-order valence-corrected chi connectivity index (χ2v) is 12.1. The van der Waals surface area contributed by atoms with Gasteiger partial charge < -0.3 is 19.4 Å². The minimum atomic E-state index is -0.990. The number of thiophene rings is 1. The quantitative estimate of drug-likeness (QED) is 0.285. The number of aryl methyl sites for hydroxylation is 1. The average Bonchev–Trinajstić information content (AvgIpc) is 3.49. The van der Waals surface area contributed by atoms with Crippen molar-refractivity contribution in [2.45, 2.75) is 73.2 Å². The summed E-state index contributed by atoms with van der Waals surface area (Å²) < 4.78 is 7.43. The number of amides is 1. The van der Waals surface area contributed by atoms with E-state index in [0.717, 1.165) is 21.5 Å². The first kappa shape index (κ1) is 26.1. The van der Waals surface area contributed by atoms with E-state index in [4.69, 9.17) is 9.40 Å². The van der Waals surface area contributed by atoms with Gasteiger partial charge in [-0.25, -0.2) is 9.97 Å². The van der Waals surface area contributed by atoms with Crippen molar-refractivity contribution < 1.29 is 14.3 Å². The summed E-state index contributed by atoms with van der Waals surface area (Å²) >= 11 is 1.33. The average molecular weight is 510 g/mol. The zero-order valence-electron chi connectivity index (χ0n) is 22.0. The van der Waals surface area contributed by atoms with Gasteiger partial charge in [0.15, 0.2) is 11.7 Å². The summed E-state index contributed by atoms with van der Waals surface area (Å²) in [4.78, 5) is 23.3. The number of rotatable bonds is 8. The van der Waals surface area contributed by atoms with Gasteiger partial charge >= 0.3 is 0 Å². The molecule has 0 unspecified atom stereocenters. The first-order valence-corrected chi connectivity index (χ1v) is 12.9. The molecular weight excluding hydrogens is 474 g/mol. The lowest BCUT2D eigenvalue weighted by atomic mass is 9.88. The Morgan fingerprint density at radius 3 is 2.58 bits per heavy atom. The van der Waals surface area contributed by atoms with E-state index in [1.54, 1.807) is 33.0 Å². The largest absolute Gasteiger partial charge is 0.440 e. The summed E-state index contributed by atoms with van der Waals surface area (Å²) in [6.45, 7) is 15.1. The number of hydrogen-bond acceptors (Lipinski definition) is 7. The van der Waals surface area contributed by atoms with Gasteiger partial charge in [0.25, 0.3) is 5.91 Å². The van der Waals surface area contributed by atoms with Crippen LogP contribution in [0, 0.1) is 12.3 Å². The van der Waals surface area contributed by atoms with Crippen molar-refractivity contribution >= 4 is 34.2 Å². The molecule has 36 heavy (non-hydrogen) atoms. The molecule has 4 rings (SSSR count). The van der Waals surface area contributed by atoms with Crippen LogP contribution in [0.3, 0.4) is 0 Å². The number of anilines is 1. The van der Waals surface area contributed by atoms with Crippen LogP contribution in [0.15, 0.2) is 40.9 Å². The molecule has 0 aliphatic carbocycles. The molecule has 3 heterocycles. The topological polar surface area (TPSA) is 105 Å². The molecule has 0 aliphatic rings. The van der Waals surface area contributed by atoms with Gasteiger partial charge in [0, 0.05) is 19.5 Å². The lowest BCUT2D eigenvalue weighted by Crippen LogP contribution is -2.37. The zero-order chi connectivity index (χ0) is 26.3. The van der Waals surface area contributed by atoms with E-state index >= 15 is 0 Å². The number of aromatic nitrogens is 3. The highest BCUT2D eigenvalue weighted by Crippen LogP contribution is 2.30. The lowest BCUT2D eigenvalue weighted by molar-refractivity contribution is 0.0630. The van der Waals surface area contributed by atoms with Gasteiger partial charge in [-0.1, -0.05) is 26.8 Å². The van der Waals surface area contributed by atoms with Crippen molar-refractivity contribution in [2.75, 3.05) is 5.32 Å². The SMILES string of the molecule is Cc1ncc(-c2ccc(C(=O)Nc3nc4cc(CN[C@@H](C)C(C)(C)C)ccc4n3CC(C)(C)O)s2)o1. The minimum Gasteiger partial charge on any atom is -0.440 e. The number of fused-ring (bicyclic) bond motifs is 1. The monoisotopic (exact) mass is 509 g/mol. The van der Waals surface area contributed by atoms with Crippen molar-refractivity contribution in [3.8, 4) is 10.6 Å². The van der Waals surface area contributed by atoms with E-state index in [-0.39, 0.29) is 17.9 Å². The van der Waals surface area contributed by atoms with Crippen molar-refractivity contribution in [3.05, 3.63) is 52.9 Å². The molecule has 1 aromatic carbocycles. The molecule has 1 atom stereocenters. The van der Waals surface area contributed by atoms with Crippen LogP contribution in [-0.2, 0) is 13.1 Å². The Kier molecular flexibility index (Phi) is 7.10. The molecule has 1 amide bonds. The van der Waals surface area contributed by atoms with Crippen LogP contribution in [0.4, 0.5) is 5.95 Å². The second-order valence-electron chi connectivity index (χ2n) is 11.0. The van der Waals surface area contributed by atoms with Gasteiger partial charge in [-0.05, 0) is 56.0 Å².